The highest BCUT2D eigenvalue weighted by Crippen LogP contribution is 2.26. The molecule has 0 unspecified atom stereocenters. The van der Waals surface area contributed by atoms with Gasteiger partial charge >= 0.3 is 0 Å². The molecule has 0 nitrogen and oxygen atoms in total. The van der Waals surface area contributed by atoms with E-state index >= 15 is 0 Å². The molecule has 2 aromatic rings. The molecule has 0 aliphatic carbocycles. The first kappa shape index (κ1) is 10.7. The van der Waals surface area contributed by atoms with Crippen LogP contribution < -0.4 is 0 Å². The van der Waals surface area contributed by atoms with E-state index in [1.165, 1.54) is 22.3 Å². The minimum atomic E-state index is 1.11. The second-order valence-corrected chi connectivity index (χ2v) is 4.18. The largest absolute Gasteiger partial charge is 0.0955 e. The molecule has 2 rings (SSSR count). The van der Waals surface area contributed by atoms with E-state index in [-0.39, 0.29) is 0 Å². The number of aryl methyl sites for hydroxylation is 1. The van der Waals surface area contributed by atoms with E-state index < -0.39 is 0 Å². The van der Waals surface area contributed by atoms with E-state index in [9.17, 15) is 0 Å². The lowest BCUT2D eigenvalue weighted by Crippen LogP contribution is -1.86. The summed E-state index contributed by atoms with van der Waals surface area (Å²) in [5.74, 6) is 0. The van der Waals surface area contributed by atoms with Crippen LogP contribution in [-0.4, -0.2) is 0 Å². The Kier molecular flexibility index (Phi) is 2.91. The highest BCUT2D eigenvalue weighted by Gasteiger charge is 2.03. The zero-order valence-corrected chi connectivity index (χ0v) is 9.83. The maximum atomic E-state index is 3.99. The fraction of sp³-hybridized carbons (Fsp3) is 0.125. The molecule has 80 valence electrons. The molecule has 0 heterocycles. The Balaban J connectivity index is 2.56. The zero-order chi connectivity index (χ0) is 11.5. The van der Waals surface area contributed by atoms with Crippen molar-refractivity contribution in [3.8, 4) is 11.1 Å². The molecular formula is C16H16. The zero-order valence-electron chi connectivity index (χ0n) is 9.83. The van der Waals surface area contributed by atoms with Crippen molar-refractivity contribution in [3.63, 3.8) is 0 Å². The van der Waals surface area contributed by atoms with Crippen molar-refractivity contribution in [2.45, 2.75) is 13.8 Å². The molecule has 0 saturated heterocycles. The van der Waals surface area contributed by atoms with Crippen LogP contribution in [0.15, 0.2) is 55.1 Å². The summed E-state index contributed by atoms with van der Waals surface area (Å²) in [6, 6.07) is 17.0. The molecule has 0 atom stereocenters. The molecule has 0 heteroatoms. The first-order valence-corrected chi connectivity index (χ1v) is 5.50. The van der Waals surface area contributed by atoms with Crippen LogP contribution in [0.5, 0.6) is 0 Å². The lowest BCUT2D eigenvalue weighted by atomic mass is 9.96. The van der Waals surface area contributed by atoms with Gasteiger partial charge in [-0.15, -0.1) is 0 Å². The van der Waals surface area contributed by atoms with Gasteiger partial charge in [0.1, 0.15) is 0 Å². The monoisotopic (exact) mass is 208 g/mol. The molecule has 2 aromatic carbocycles. The third kappa shape index (κ3) is 2.06. The van der Waals surface area contributed by atoms with Gasteiger partial charge in [0.15, 0.2) is 0 Å². The van der Waals surface area contributed by atoms with Gasteiger partial charge in [-0.25, -0.2) is 0 Å². The molecule has 0 spiro atoms. The Hall–Kier alpha value is -1.82. The minimum absolute atomic E-state index is 1.11. The Morgan fingerprint density at radius 3 is 2.31 bits per heavy atom. The van der Waals surface area contributed by atoms with Gasteiger partial charge < -0.3 is 0 Å². The van der Waals surface area contributed by atoms with Crippen molar-refractivity contribution >= 4 is 5.57 Å². The lowest BCUT2D eigenvalue weighted by molar-refractivity contribution is 1.43. The molecule has 0 aliphatic rings. The van der Waals surface area contributed by atoms with Gasteiger partial charge in [0.2, 0.25) is 0 Å². The molecule has 0 aromatic heterocycles. The standard InChI is InChI=1S/C16H16/c1-12(2)15-10-9-13(3)16(11-15)14-7-5-4-6-8-14/h4-11H,1H2,2-3H3. The lowest BCUT2D eigenvalue weighted by Gasteiger charge is -2.09. The Morgan fingerprint density at radius 1 is 1.00 bits per heavy atom. The van der Waals surface area contributed by atoms with Crippen LogP contribution in [0.25, 0.3) is 16.7 Å². The molecule has 0 N–H and O–H groups in total. The van der Waals surface area contributed by atoms with Crippen LogP contribution in [0.3, 0.4) is 0 Å². The first-order valence-electron chi connectivity index (χ1n) is 5.50. The average molecular weight is 208 g/mol. The fourth-order valence-corrected chi connectivity index (χ4v) is 1.82. The third-order valence-corrected chi connectivity index (χ3v) is 2.82. The van der Waals surface area contributed by atoms with Crippen LogP contribution in [-0.2, 0) is 0 Å². The van der Waals surface area contributed by atoms with Crippen molar-refractivity contribution in [3.05, 3.63) is 66.2 Å². The molecule has 16 heavy (non-hydrogen) atoms. The first-order chi connectivity index (χ1) is 7.68. The summed E-state index contributed by atoms with van der Waals surface area (Å²) >= 11 is 0. The van der Waals surface area contributed by atoms with Gasteiger partial charge in [-0.2, -0.15) is 0 Å². The van der Waals surface area contributed by atoms with E-state index in [4.69, 9.17) is 0 Å². The predicted molar refractivity (Wildman–Crippen MR) is 71.3 cm³/mol. The van der Waals surface area contributed by atoms with Crippen molar-refractivity contribution < 1.29 is 0 Å². The van der Waals surface area contributed by atoms with Crippen molar-refractivity contribution in [1.82, 2.24) is 0 Å². The van der Waals surface area contributed by atoms with Crippen molar-refractivity contribution in [1.29, 1.82) is 0 Å². The molecule has 0 bridgehead atoms. The topological polar surface area (TPSA) is 0 Å². The molecule has 0 radical (unpaired) electrons. The van der Waals surface area contributed by atoms with E-state index in [0.29, 0.717) is 0 Å². The van der Waals surface area contributed by atoms with Crippen LogP contribution in [0, 0.1) is 6.92 Å². The van der Waals surface area contributed by atoms with Crippen molar-refractivity contribution in [2.75, 3.05) is 0 Å². The Labute approximate surface area is 97.3 Å². The SMILES string of the molecule is C=C(C)c1ccc(C)c(-c2ccccc2)c1. The molecular weight excluding hydrogens is 192 g/mol. The van der Waals surface area contributed by atoms with Crippen LogP contribution in [0.1, 0.15) is 18.1 Å². The normalized spacial score (nSPS) is 10.1. The number of benzene rings is 2. The second-order valence-electron chi connectivity index (χ2n) is 4.18. The third-order valence-electron chi connectivity index (χ3n) is 2.82. The second kappa shape index (κ2) is 4.36. The maximum absolute atomic E-state index is 3.99. The van der Waals surface area contributed by atoms with Crippen LogP contribution in [0.4, 0.5) is 0 Å². The van der Waals surface area contributed by atoms with Gasteiger partial charge in [0.25, 0.3) is 0 Å². The maximum Gasteiger partial charge on any atom is -0.0149 e. The van der Waals surface area contributed by atoms with Gasteiger partial charge in [-0.05, 0) is 42.2 Å². The van der Waals surface area contributed by atoms with Gasteiger partial charge in [-0.3, -0.25) is 0 Å². The number of hydrogen-bond donors (Lipinski definition) is 0. The summed E-state index contributed by atoms with van der Waals surface area (Å²) in [7, 11) is 0. The summed E-state index contributed by atoms with van der Waals surface area (Å²) in [4.78, 5) is 0. The molecule has 0 saturated carbocycles. The predicted octanol–water partition coefficient (Wildman–Crippen LogP) is 4.70. The van der Waals surface area contributed by atoms with Crippen LogP contribution >= 0.6 is 0 Å². The summed E-state index contributed by atoms with van der Waals surface area (Å²) in [5.41, 5.74) is 6.18. The van der Waals surface area contributed by atoms with E-state index in [2.05, 4.69) is 56.0 Å². The van der Waals surface area contributed by atoms with Crippen LogP contribution in [0.2, 0.25) is 0 Å². The Bertz CT molecular complexity index is 507. The van der Waals surface area contributed by atoms with E-state index in [1.807, 2.05) is 13.0 Å². The van der Waals surface area contributed by atoms with Gasteiger partial charge in [0.05, 0.1) is 0 Å². The molecule has 0 fully saturated rings. The number of hydrogen-bond acceptors (Lipinski definition) is 0. The highest BCUT2D eigenvalue weighted by atomic mass is 14.1. The van der Waals surface area contributed by atoms with E-state index in [1.54, 1.807) is 0 Å². The van der Waals surface area contributed by atoms with Gasteiger partial charge in [-0.1, -0.05) is 54.6 Å². The quantitative estimate of drug-likeness (QED) is 0.671. The molecule has 0 aliphatic heterocycles. The minimum Gasteiger partial charge on any atom is -0.0955 e. The van der Waals surface area contributed by atoms with Crippen molar-refractivity contribution in [2.24, 2.45) is 0 Å². The highest BCUT2D eigenvalue weighted by molar-refractivity contribution is 5.73. The summed E-state index contributed by atoms with van der Waals surface area (Å²) in [6.45, 7) is 8.17. The summed E-state index contributed by atoms with van der Waals surface area (Å²) in [6.07, 6.45) is 0. The summed E-state index contributed by atoms with van der Waals surface area (Å²) in [5, 5.41) is 0. The number of rotatable bonds is 2. The number of allylic oxidation sites excluding steroid dienone is 1. The molecule has 0 amide bonds. The average Bonchev–Trinajstić information content (AvgIpc) is 2.30. The smallest absolute Gasteiger partial charge is 0.0149 e. The van der Waals surface area contributed by atoms with Gasteiger partial charge in [0, 0.05) is 0 Å². The fourth-order valence-electron chi connectivity index (χ4n) is 1.82. The Morgan fingerprint density at radius 2 is 1.69 bits per heavy atom. The summed E-state index contributed by atoms with van der Waals surface area (Å²) < 4.78 is 0. The van der Waals surface area contributed by atoms with E-state index in [0.717, 1.165) is 5.57 Å².